The first kappa shape index (κ1) is 15.7. The minimum atomic E-state index is -3.75. The number of rotatable bonds is 4. The van der Waals surface area contributed by atoms with Crippen molar-refractivity contribution >= 4 is 27.3 Å². The van der Waals surface area contributed by atoms with Crippen molar-refractivity contribution in [3.8, 4) is 5.75 Å². The number of benzene rings is 2. The van der Waals surface area contributed by atoms with Crippen LogP contribution in [0.15, 0.2) is 41.3 Å². The van der Waals surface area contributed by atoms with Gasteiger partial charge in [0.2, 0.25) is 0 Å². The maximum absolute atomic E-state index is 12.6. The Morgan fingerprint density at radius 1 is 1.10 bits per heavy atom. The lowest BCUT2D eigenvalue weighted by Gasteiger charge is -2.14. The molecule has 4 nitrogen and oxygen atoms in total. The predicted octanol–water partition coefficient (Wildman–Crippen LogP) is 3.77. The number of methoxy groups -OCH3 is 1. The second-order valence-electron chi connectivity index (χ2n) is 4.72. The van der Waals surface area contributed by atoms with E-state index in [1.54, 1.807) is 36.4 Å². The van der Waals surface area contributed by atoms with Gasteiger partial charge in [-0.25, -0.2) is 8.42 Å². The summed E-state index contributed by atoms with van der Waals surface area (Å²) in [6.45, 7) is 3.63. The molecule has 2 rings (SSSR count). The fourth-order valence-corrected chi connectivity index (χ4v) is 3.45. The monoisotopic (exact) mass is 325 g/mol. The first-order valence-corrected chi connectivity index (χ1v) is 8.13. The van der Waals surface area contributed by atoms with Crippen LogP contribution in [0.1, 0.15) is 11.1 Å². The van der Waals surface area contributed by atoms with E-state index in [1.165, 1.54) is 7.11 Å². The number of ether oxygens (including phenoxy) is 1. The van der Waals surface area contributed by atoms with Gasteiger partial charge in [0.15, 0.2) is 0 Å². The summed E-state index contributed by atoms with van der Waals surface area (Å²) in [6.07, 6.45) is 0. The van der Waals surface area contributed by atoms with Crippen LogP contribution in [-0.4, -0.2) is 15.5 Å². The summed E-state index contributed by atoms with van der Waals surface area (Å²) in [5.74, 6) is 0.299. The van der Waals surface area contributed by atoms with Gasteiger partial charge < -0.3 is 4.74 Å². The third-order valence-corrected chi connectivity index (χ3v) is 4.67. The third kappa shape index (κ3) is 3.49. The van der Waals surface area contributed by atoms with E-state index in [0.29, 0.717) is 16.5 Å². The Bertz CT molecular complexity index is 772. The minimum Gasteiger partial charge on any atom is -0.495 e. The maximum Gasteiger partial charge on any atom is 0.265 e. The molecular weight excluding hydrogens is 310 g/mol. The van der Waals surface area contributed by atoms with E-state index in [1.807, 2.05) is 13.8 Å². The van der Waals surface area contributed by atoms with Gasteiger partial charge in [0.1, 0.15) is 10.6 Å². The molecule has 0 atom stereocenters. The Hall–Kier alpha value is -1.72. The molecule has 0 heterocycles. The molecule has 1 N–H and O–H groups in total. The van der Waals surface area contributed by atoms with Crippen LogP contribution in [0.5, 0.6) is 5.75 Å². The Kier molecular flexibility index (Phi) is 4.44. The minimum absolute atomic E-state index is 0.101. The number of hydrogen-bond donors (Lipinski definition) is 1. The number of anilines is 1. The summed E-state index contributed by atoms with van der Waals surface area (Å²) in [4.78, 5) is 0.101. The van der Waals surface area contributed by atoms with E-state index >= 15 is 0 Å². The summed E-state index contributed by atoms with van der Waals surface area (Å²) in [5, 5.41) is 0.467. The average molecular weight is 326 g/mol. The Labute approximate surface area is 129 Å². The van der Waals surface area contributed by atoms with E-state index in [4.69, 9.17) is 16.3 Å². The Morgan fingerprint density at radius 2 is 1.81 bits per heavy atom. The summed E-state index contributed by atoms with van der Waals surface area (Å²) in [7, 11) is -2.31. The molecule has 0 saturated carbocycles. The van der Waals surface area contributed by atoms with Crippen molar-refractivity contribution in [3.63, 3.8) is 0 Å². The topological polar surface area (TPSA) is 55.4 Å². The Morgan fingerprint density at radius 3 is 2.48 bits per heavy atom. The smallest absolute Gasteiger partial charge is 0.265 e. The SMILES string of the molecule is COc1ccc(C)cc1S(=O)(=O)Nc1cc(Cl)ccc1C. The number of hydrogen-bond acceptors (Lipinski definition) is 3. The molecule has 112 valence electrons. The average Bonchev–Trinajstić information content (AvgIpc) is 2.42. The number of sulfonamides is 1. The van der Waals surface area contributed by atoms with Crippen LogP contribution in [0.4, 0.5) is 5.69 Å². The first-order chi connectivity index (χ1) is 9.83. The highest BCUT2D eigenvalue weighted by molar-refractivity contribution is 7.92. The number of nitrogens with one attached hydrogen (secondary N) is 1. The molecule has 21 heavy (non-hydrogen) atoms. The maximum atomic E-state index is 12.6. The number of aryl methyl sites for hydroxylation is 2. The first-order valence-electron chi connectivity index (χ1n) is 6.27. The zero-order chi connectivity index (χ0) is 15.6. The van der Waals surface area contributed by atoms with Gasteiger partial charge in [-0.1, -0.05) is 23.7 Å². The van der Waals surface area contributed by atoms with E-state index < -0.39 is 10.0 Å². The summed E-state index contributed by atoms with van der Waals surface area (Å²) < 4.78 is 32.8. The molecule has 0 fully saturated rings. The van der Waals surface area contributed by atoms with Crippen molar-refractivity contribution in [1.29, 1.82) is 0 Å². The second kappa shape index (κ2) is 5.95. The van der Waals surface area contributed by atoms with Crippen LogP contribution in [0.25, 0.3) is 0 Å². The molecule has 2 aromatic rings. The van der Waals surface area contributed by atoms with Gasteiger partial charge in [-0.3, -0.25) is 4.72 Å². The fraction of sp³-hybridized carbons (Fsp3) is 0.200. The van der Waals surface area contributed by atoms with Gasteiger partial charge >= 0.3 is 0 Å². The highest BCUT2D eigenvalue weighted by atomic mass is 35.5. The van der Waals surface area contributed by atoms with Gasteiger partial charge in [-0.05, 0) is 49.2 Å². The van der Waals surface area contributed by atoms with Crippen molar-refractivity contribution in [1.82, 2.24) is 0 Å². The summed E-state index contributed by atoms with van der Waals surface area (Å²) in [5.41, 5.74) is 2.07. The van der Waals surface area contributed by atoms with Crippen LogP contribution in [0.3, 0.4) is 0 Å². The van der Waals surface area contributed by atoms with E-state index in [9.17, 15) is 8.42 Å². The standard InChI is InChI=1S/C15H16ClNO3S/c1-10-4-7-14(20-3)15(8-10)21(18,19)17-13-9-12(16)6-5-11(13)2/h4-9,17H,1-3H3. The molecule has 2 aromatic carbocycles. The van der Waals surface area contributed by atoms with Gasteiger partial charge in [0, 0.05) is 5.02 Å². The molecular formula is C15H16ClNO3S. The quantitative estimate of drug-likeness (QED) is 0.931. The third-order valence-electron chi connectivity index (χ3n) is 3.05. The molecule has 0 aromatic heterocycles. The van der Waals surface area contributed by atoms with Gasteiger partial charge in [-0.15, -0.1) is 0 Å². The lowest BCUT2D eigenvalue weighted by atomic mass is 10.2. The highest BCUT2D eigenvalue weighted by Gasteiger charge is 2.20. The second-order valence-corrected chi connectivity index (χ2v) is 6.81. The predicted molar refractivity (Wildman–Crippen MR) is 84.7 cm³/mol. The molecule has 0 aliphatic heterocycles. The lowest BCUT2D eigenvalue weighted by Crippen LogP contribution is -2.15. The van der Waals surface area contributed by atoms with Gasteiger partial charge in [0.05, 0.1) is 12.8 Å². The largest absolute Gasteiger partial charge is 0.495 e. The normalized spacial score (nSPS) is 11.2. The van der Waals surface area contributed by atoms with E-state index in [0.717, 1.165) is 11.1 Å². The molecule has 0 aliphatic carbocycles. The molecule has 0 bridgehead atoms. The molecule has 0 unspecified atom stereocenters. The van der Waals surface area contributed by atoms with Crippen molar-refractivity contribution < 1.29 is 13.2 Å². The highest BCUT2D eigenvalue weighted by Crippen LogP contribution is 2.28. The zero-order valence-corrected chi connectivity index (χ0v) is 13.5. The van der Waals surface area contributed by atoms with Crippen LogP contribution < -0.4 is 9.46 Å². The van der Waals surface area contributed by atoms with Crippen molar-refractivity contribution in [2.45, 2.75) is 18.7 Å². The van der Waals surface area contributed by atoms with Gasteiger partial charge in [-0.2, -0.15) is 0 Å². The number of halogens is 1. The van der Waals surface area contributed by atoms with Gasteiger partial charge in [0.25, 0.3) is 10.0 Å². The van der Waals surface area contributed by atoms with E-state index in [2.05, 4.69) is 4.72 Å². The van der Waals surface area contributed by atoms with Crippen molar-refractivity contribution in [2.24, 2.45) is 0 Å². The fourth-order valence-electron chi connectivity index (χ4n) is 1.90. The van der Waals surface area contributed by atoms with Crippen LogP contribution in [0, 0.1) is 13.8 Å². The van der Waals surface area contributed by atoms with E-state index in [-0.39, 0.29) is 4.90 Å². The van der Waals surface area contributed by atoms with Crippen LogP contribution in [-0.2, 0) is 10.0 Å². The molecule has 0 amide bonds. The molecule has 0 spiro atoms. The van der Waals surface area contributed by atoms with Crippen molar-refractivity contribution in [2.75, 3.05) is 11.8 Å². The summed E-state index contributed by atoms with van der Waals surface area (Å²) in [6, 6.07) is 10.0. The molecule has 6 heteroatoms. The van der Waals surface area contributed by atoms with Crippen molar-refractivity contribution in [3.05, 3.63) is 52.5 Å². The summed E-state index contributed by atoms with van der Waals surface area (Å²) >= 11 is 5.92. The van der Waals surface area contributed by atoms with Crippen LogP contribution in [0.2, 0.25) is 5.02 Å². The zero-order valence-electron chi connectivity index (χ0n) is 12.0. The molecule has 0 aliphatic rings. The molecule has 0 saturated heterocycles. The molecule has 0 radical (unpaired) electrons. The Balaban J connectivity index is 2.48. The van der Waals surface area contributed by atoms with Crippen LogP contribution >= 0.6 is 11.6 Å². The lowest BCUT2D eigenvalue weighted by molar-refractivity contribution is 0.402.